The van der Waals surface area contributed by atoms with Gasteiger partial charge in [-0.05, 0) is 36.1 Å². The minimum atomic E-state index is -0.140. The highest BCUT2D eigenvalue weighted by atomic mass is 16.2. The zero-order chi connectivity index (χ0) is 16.9. The van der Waals surface area contributed by atoms with Crippen LogP contribution in [-0.2, 0) is 16.1 Å². The van der Waals surface area contributed by atoms with Crippen LogP contribution in [0, 0.1) is 6.92 Å². The number of hydrogen-bond donors (Lipinski definition) is 1. The van der Waals surface area contributed by atoms with E-state index in [4.69, 9.17) is 0 Å². The summed E-state index contributed by atoms with van der Waals surface area (Å²) in [5.74, 6) is -0.0586. The van der Waals surface area contributed by atoms with Gasteiger partial charge in [0.25, 0.3) is 0 Å². The second-order valence-corrected chi connectivity index (χ2v) is 5.97. The topological polar surface area (TPSA) is 59.1 Å². The van der Waals surface area contributed by atoms with E-state index in [2.05, 4.69) is 10.3 Å². The lowest BCUT2D eigenvalue weighted by Gasteiger charge is -2.09. The first kappa shape index (κ1) is 16.1. The van der Waals surface area contributed by atoms with E-state index >= 15 is 0 Å². The molecule has 122 valence electrons. The van der Waals surface area contributed by atoms with Gasteiger partial charge >= 0.3 is 0 Å². The first-order valence-corrected chi connectivity index (χ1v) is 8.13. The predicted molar refractivity (Wildman–Crippen MR) is 93.0 cm³/mol. The molecule has 0 unspecified atom stereocenters. The number of ketones is 1. The van der Waals surface area contributed by atoms with Gasteiger partial charge < -0.3 is 5.32 Å². The maximum Gasteiger partial charge on any atom is 0.224 e. The lowest BCUT2D eigenvalue weighted by molar-refractivity contribution is -0.122. The molecule has 1 aromatic carbocycles. The number of nitrogens with zero attached hydrogens (tertiary/aromatic N) is 1. The van der Waals surface area contributed by atoms with Crippen LogP contribution in [0.5, 0.6) is 0 Å². The molecule has 0 bridgehead atoms. The molecule has 4 nitrogen and oxygen atoms in total. The van der Waals surface area contributed by atoms with Gasteiger partial charge in [-0.15, -0.1) is 0 Å². The Morgan fingerprint density at radius 1 is 1.12 bits per heavy atom. The number of carbonyl (C=O) groups is 2. The quantitative estimate of drug-likeness (QED) is 0.920. The molecule has 4 heteroatoms. The fourth-order valence-electron chi connectivity index (χ4n) is 2.98. The van der Waals surface area contributed by atoms with Crippen LogP contribution in [0.4, 0.5) is 0 Å². The molecule has 0 radical (unpaired) electrons. The summed E-state index contributed by atoms with van der Waals surface area (Å²) in [7, 11) is 0. The number of rotatable bonds is 5. The monoisotopic (exact) mass is 320 g/mol. The molecule has 0 spiro atoms. The molecule has 1 aliphatic rings. The molecule has 1 aromatic heterocycles. The summed E-state index contributed by atoms with van der Waals surface area (Å²) >= 11 is 0. The summed E-state index contributed by atoms with van der Waals surface area (Å²) in [5.41, 5.74) is 4.58. The van der Waals surface area contributed by atoms with E-state index in [0.29, 0.717) is 25.0 Å². The number of pyridine rings is 1. The number of nitrogens with one attached hydrogen (secondary N) is 1. The van der Waals surface area contributed by atoms with E-state index in [9.17, 15) is 9.59 Å². The minimum Gasteiger partial charge on any atom is -0.350 e. The summed E-state index contributed by atoms with van der Waals surface area (Å²) in [5, 5.41) is 2.87. The van der Waals surface area contributed by atoms with Crippen molar-refractivity contribution in [3.8, 4) is 0 Å². The molecule has 0 atom stereocenters. The molecule has 24 heavy (non-hydrogen) atoms. The van der Waals surface area contributed by atoms with Crippen LogP contribution in [0.25, 0.3) is 5.57 Å². The molecule has 0 saturated carbocycles. The fourth-order valence-corrected chi connectivity index (χ4v) is 2.98. The highest BCUT2D eigenvalue weighted by Gasteiger charge is 2.25. The van der Waals surface area contributed by atoms with Gasteiger partial charge in [-0.1, -0.05) is 36.4 Å². The van der Waals surface area contributed by atoms with E-state index in [1.54, 1.807) is 6.20 Å². The molecule has 1 heterocycles. The predicted octanol–water partition coefficient (Wildman–Crippen LogP) is 3.21. The first-order valence-electron chi connectivity index (χ1n) is 8.13. The van der Waals surface area contributed by atoms with E-state index in [1.807, 2.05) is 49.4 Å². The molecular formula is C20H20N2O2. The van der Waals surface area contributed by atoms with Gasteiger partial charge in [0.2, 0.25) is 5.91 Å². The van der Waals surface area contributed by atoms with Crippen LogP contribution in [0.3, 0.4) is 0 Å². The van der Waals surface area contributed by atoms with Crippen molar-refractivity contribution >= 4 is 17.3 Å². The van der Waals surface area contributed by atoms with Crippen molar-refractivity contribution in [1.29, 1.82) is 0 Å². The van der Waals surface area contributed by atoms with Gasteiger partial charge in [0.05, 0.1) is 18.7 Å². The van der Waals surface area contributed by atoms with Gasteiger partial charge in [0.15, 0.2) is 5.78 Å². The third-order valence-corrected chi connectivity index (χ3v) is 4.33. The molecule has 3 rings (SSSR count). The number of amides is 1. The van der Waals surface area contributed by atoms with Crippen molar-refractivity contribution in [1.82, 2.24) is 10.3 Å². The van der Waals surface area contributed by atoms with Crippen molar-refractivity contribution in [3.63, 3.8) is 0 Å². The van der Waals surface area contributed by atoms with Gasteiger partial charge in [-0.2, -0.15) is 0 Å². The Morgan fingerprint density at radius 3 is 2.67 bits per heavy atom. The van der Waals surface area contributed by atoms with Crippen LogP contribution < -0.4 is 5.32 Å². The molecule has 2 aromatic rings. The molecule has 1 aliphatic carbocycles. The Bertz CT molecular complexity index is 794. The summed E-state index contributed by atoms with van der Waals surface area (Å²) in [6.07, 6.45) is 3.05. The van der Waals surface area contributed by atoms with Crippen LogP contribution in [0.2, 0.25) is 0 Å². The number of Topliss-reactive ketones (excluding diaryl/α,β-unsaturated/α-hetero) is 1. The second-order valence-electron chi connectivity index (χ2n) is 5.97. The highest BCUT2D eigenvalue weighted by molar-refractivity contribution is 6.10. The smallest absolute Gasteiger partial charge is 0.224 e. The number of carbonyl (C=O) groups excluding carboxylic acids is 2. The normalized spacial score (nSPS) is 14.1. The molecule has 0 saturated heterocycles. The molecular weight excluding hydrogens is 300 g/mol. The van der Waals surface area contributed by atoms with Crippen LogP contribution in [0.1, 0.15) is 36.1 Å². The largest absolute Gasteiger partial charge is 0.350 e. The average Bonchev–Trinajstić information content (AvgIpc) is 2.96. The highest BCUT2D eigenvalue weighted by Crippen LogP contribution is 2.33. The lowest BCUT2D eigenvalue weighted by atomic mass is 10.00. The Hall–Kier alpha value is -2.75. The van der Waals surface area contributed by atoms with Crippen molar-refractivity contribution in [2.45, 2.75) is 32.7 Å². The maximum atomic E-state index is 12.3. The maximum absolute atomic E-state index is 12.3. The lowest BCUT2D eigenvalue weighted by Crippen LogP contribution is -2.24. The van der Waals surface area contributed by atoms with Crippen molar-refractivity contribution in [2.75, 3.05) is 0 Å². The number of aromatic nitrogens is 1. The standard InChI is InChI=1S/C20H20N2O2/c1-14-6-5-11-21-18(14)13-22-20(24)12-17-16(9-10-19(17)23)15-7-3-2-4-8-15/h2-8,11H,9-10,12-13H2,1H3,(H,22,24). The van der Waals surface area contributed by atoms with Crippen molar-refractivity contribution in [2.24, 2.45) is 0 Å². The Balaban J connectivity index is 1.70. The van der Waals surface area contributed by atoms with Crippen LogP contribution in [-0.4, -0.2) is 16.7 Å². The van der Waals surface area contributed by atoms with E-state index in [-0.39, 0.29) is 18.1 Å². The van der Waals surface area contributed by atoms with Gasteiger partial charge in [0, 0.05) is 18.2 Å². The zero-order valence-corrected chi connectivity index (χ0v) is 13.7. The third-order valence-electron chi connectivity index (χ3n) is 4.33. The summed E-state index contributed by atoms with van der Waals surface area (Å²) < 4.78 is 0. The molecule has 1 amide bonds. The fraction of sp³-hybridized carbons (Fsp3) is 0.250. The van der Waals surface area contributed by atoms with Crippen LogP contribution >= 0.6 is 0 Å². The van der Waals surface area contributed by atoms with Crippen LogP contribution in [0.15, 0.2) is 54.2 Å². The molecule has 0 aliphatic heterocycles. The molecule has 0 fully saturated rings. The number of hydrogen-bond acceptors (Lipinski definition) is 3. The van der Waals surface area contributed by atoms with Crippen molar-refractivity contribution < 1.29 is 9.59 Å². The Morgan fingerprint density at radius 2 is 1.92 bits per heavy atom. The average molecular weight is 320 g/mol. The van der Waals surface area contributed by atoms with E-state index < -0.39 is 0 Å². The number of benzene rings is 1. The zero-order valence-electron chi connectivity index (χ0n) is 13.7. The Labute approximate surface area is 141 Å². The Kier molecular flexibility index (Phi) is 4.85. The summed E-state index contributed by atoms with van der Waals surface area (Å²) in [6, 6.07) is 13.7. The first-order chi connectivity index (χ1) is 11.6. The number of allylic oxidation sites excluding steroid dienone is 1. The van der Waals surface area contributed by atoms with Gasteiger partial charge in [-0.25, -0.2) is 0 Å². The second kappa shape index (κ2) is 7.21. The summed E-state index contributed by atoms with van der Waals surface area (Å²) in [4.78, 5) is 28.7. The SMILES string of the molecule is Cc1cccnc1CNC(=O)CC1=C(c2ccccc2)CCC1=O. The van der Waals surface area contributed by atoms with E-state index in [0.717, 1.165) is 22.4 Å². The van der Waals surface area contributed by atoms with Gasteiger partial charge in [0.1, 0.15) is 0 Å². The summed E-state index contributed by atoms with van der Waals surface area (Å²) in [6.45, 7) is 2.35. The van der Waals surface area contributed by atoms with Crippen molar-refractivity contribution in [3.05, 3.63) is 71.1 Å². The van der Waals surface area contributed by atoms with E-state index in [1.165, 1.54) is 0 Å². The van der Waals surface area contributed by atoms with Gasteiger partial charge in [-0.3, -0.25) is 14.6 Å². The third kappa shape index (κ3) is 3.59. The minimum absolute atomic E-state index is 0.0815. The molecule has 1 N–H and O–H groups in total. The number of aryl methyl sites for hydroxylation is 1.